The predicted molar refractivity (Wildman–Crippen MR) is 78.3 cm³/mol. The molecule has 2 rings (SSSR count). The number of halogens is 1. The van der Waals surface area contributed by atoms with Gasteiger partial charge in [0.05, 0.1) is 0 Å². The van der Waals surface area contributed by atoms with Gasteiger partial charge in [-0.05, 0) is 49.4 Å². The van der Waals surface area contributed by atoms with Gasteiger partial charge in [-0.15, -0.1) is 0 Å². The standard InChI is InChI=1S/C16H17FN2O/c1-11-9-12(7-8-14(11)17)16(20)19-15-6-4-3-5-13(15)10-18-2/h3-9,18H,10H2,1-2H3,(H,19,20). The number of nitrogens with one attached hydrogen (secondary N) is 2. The van der Waals surface area contributed by atoms with Crippen molar-refractivity contribution in [3.63, 3.8) is 0 Å². The fourth-order valence-corrected chi connectivity index (χ4v) is 1.97. The zero-order valence-corrected chi connectivity index (χ0v) is 11.5. The molecule has 2 N–H and O–H groups in total. The lowest BCUT2D eigenvalue weighted by Crippen LogP contribution is -2.15. The first-order valence-electron chi connectivity index (χ1n) is 6.42. The van der Waals surface area contributed by atoms with Crippen molar-refractivity contribution in [1.29, 1.82) is 0 Å². The molecule has 0 aliphatic rings. The summed E-state index contributed by atoms with van der Waals surface area (Å²) in [6, 6.07) is 11.9. The molecule has 2 aromatic rings. The van der Waals surface area contributed by atoms with Crippen LogP contribution in [0.2, 0.25) is 0 Å². The maximum absolute atomic E-state index is 13.2. The number of carbonyl (C=O) groups is 1. The summed E-state index contributed by atoms with van der Waals surface area (Å²) in [6.07, 6.45) is 0. The Morgan fingerprint density at radius 3 is 2.65 bits per heavy atom. The molecule has 0 spiro atoms. The molecule has 3 nitrogen and oxygen atoms in total. The van der Waals surface area contributed by atoms with E-state index in [0.717, 1.165) is 11.3 Å². The second-order valence-corrected chi connectivity index (χ2v) is 4.61. The van der Waals surface area contributed by atoms with E-state index in [1.165, 1.54) is 12.1 Å². The molecular formula is C16H17FN2O. The lowest BCUT2D eigenvalue weighted by atomic mass is 10.1. The second-order valence-electron chi connectivity index (χ2n) is 4.61. The Kier molecular flexibility index (Phi) is 4.48. The molecule has 0 fully saturated rings. The van der Waals surface area contributed by atoms with E-state index in [0.29, 0.717) is 17.7 Å². The van der Waals surface area contributed by atoms with Crippen molar-refractivity contribution in [3.05, 3.63) is 65.0 Å². The summed E-state index contributed by atoms with van der Waals surface area (Å²) in [5.74, 6) is -0.547. The number of aryl methyl sites for hydroxylation is 1. The van der Waals surface area contributed by atoms with Crippen LogP contribution in [0, 0.1) is 12.7 Å². The average Bonchev–Trinajstić information content (AvgIpc) is 2.44. The second kappa shape index (κ2) is 6.30. The number of amides is 1. The van der Waals surface area contributed by atoms with Crippen molar-refractivity contribution in [3.8, 4) is 0 Å². The molecule has 1 amide bonds. The number of hydrogen-bond donors (Lipinski definition) is 2. The van der Waals surface area contributed by atoms with Crippen molar-refractivity contribution in [2.24, 2.45) is 0 Å². The van der Waals surface area contributed by atoms with Gasteiger partial charge in [0.25, 0.3) is 5.91 Å². The number of carbonyl (C=O) groups excluding carboxylic acids is 1. The topological polar surface area (TPSA) is 41.1 Å². The predicted octanol–water partition coefficient (Wildman–Crippen LogP) is 3.11. The molecule has 0 heterocycles. The maximum atomic E-state index is 13.2. The van der Waals surface area contributed by atoms with Crippen molar-refractivity contribution < 1.29 is 9.18 Å². The van der Waals surface area contributed by atoms with Crippen LogP contribution in [0.15, 0.2) is 42.5 Å². The largest absolute Gasteiger partial charge is 0.322 e. The zero-order chi connectivity index (χ0) is 14.5. The van der Waals surface area contributed by atoms with E-state index in [9.17, 15) is 9.18 Å². The third-order valence-corrected chi connectivity index (χ3v) is 3.05. The highest BCUT2D eigenvalue weighted by molar-refractivity contribution is 6.04. The third-order valence-electron chi connectivity index (χ3n) is 3.05. The van der Waals surface area contributed by atoms with Gasteiger partial charge in [0.1, 0.15) is 5.82 Å². The Balaban J connectivity index is 2.21. The van der Waals surface area contributed by atoms with Crippen LogP contribution in [0.25, 0.3) is 0 Å². The number of anilines is 1. The number of rotatable bonds is 4. The summed E-state index contributed by atoms with van der Waals surface area (Å²) < 4.78 is 13.2. The summed E-state index contributed by atoms with van der Waals surface area (Å²) in [6.45, 7) is 2.31. The summed E-state index contributed by atoms with van der Waals surface area (Å²) >= 11 is 0. The summed E-state index contributed by atoms with van der Waals surface area (Å²) in [5.41, 5.74) is 2.67. The van der Waals surface area contributed by atoms with Crippen LogP contribution >= 0.6 is 0 Å². The quantitative estimate of drug-likeness (QED) is 0.898. The Bertz CT molecular complexity index is 626. The summed E-state index contributed by atoms with van der Waals surface area (Å²) in [5, 5.41) is 5.91. The number of benzene rings is 2. The smallest absolute Gasteiger partial charge is 0.255 e. The van der Waals surface area contributed by atoms with Gasteiger partial charge in [0.15, 0.2) is 0 Å². The van der Waals surface area contributed by atoms with Crippen LogP contribution < -0.4 is 10.6 Å². The van der Waals surface area contributed by atoms with Gasteiger partial charge in [0, 0.05) is 17.8 Å². The van der Waals surface area contributed by atoms with E-state index in [1.54, 1.807) is 13.0 Å². The van der Waals surface area contributed by atoms with E-state index < -0.39 is 0 Å². The molecule has 4 heteroatoms. The lowest BCUT2D eigenvalue weighted by molar-refractivity contribution is 0.102. The van der Waals surface area contributed by atoms with Gasteiger partial charge < -0.3 is 10.6 Å². The summed E-state index contributed by atoms with van der Waals surface area (Å²) in [7, 11) is 1.85. The van der Waals surface area contributed by atoms with Crippen LogP contribution in [0.5, 0.6) is 0 Å². The van der Waals surface area contributed by atoms with Crippen molar-refractivity contribution in [1.82, 2.24) is 5.32 Å². The Morgan fingerprint density at radius 2 is 1.95 bits per heavy atom. The Hall–Kier alpha value is -2.20. The van der Waals surface area contributed by atoms with Crippen LogP contribution in [0.1, 0.15) is 21.5 Å². The van der Waals surface area contributed by atoms with Gasteiger partial charge in [-0.2, -0.15) is 0 Å². The lowest BCUT2D eigenvalue weighted by Gasteiger charge is -2.11. The Morgan fingerprint density at radius 1 is 1.20 bits per heavy atom. The molecule has 0 aliphatic heterocycles. The first-order valence-corrected chi connectivity index (χ1v) is 6.42. The molecule has 0 unspecified atom stereocenters. The van der Waals surface area contributed by atoms with Crippen LogP contribution in [-0.4, -0.2) is 13.0 Å². The average molecular weight is 272 g/mol. The minimum Gasteiger partial charge on any atom is -0.322 e. The van der Waals surface area contributed by atoms with E-state index in [2.05, 4.69) is 10.6 Å². The van der Waals surface area contributed by atoms with Gasteiger partial charge in [-0.1, -0.05) is 18.2 Å². The molecule has 0 aromatic heterocycles. The fourth-order valence-electron chi connectivity index (χ4n) is 1.97. The number of hydrogen-bond acceptors (Lipinski definition) is 2. The van der Waals surface area contributed by atoms with Gasteiger partial charge in [-0.25, -0.2) is 4.39 Å². The molecule has 0 saturated heterocycles. The molecule has 104 valence electrons. The van der Waals surface area contributed by atoms with E-state index in [1.807, 2.05) is 31.3 Å². The Labute approximate surface area is 117 Å². The van der Waals surface area contributed by atoms with Crippen LogP contribution in [0.3, 0.4) is 0 Å². The summed E-state index contributed by atoms with van der Waals surface area (Å²) in [4.78, 5) is 12.2. The number of para-hydroxylation sites is 1. The molecule has 2 aromatic carbocycles. The molecular weight excluding hydrogens is 255 g/mol. The monoisotopic (exact) mass is 272 g/mol. The minimum absolute atomic E-state index is 0.239. The molecule has 0 bridgehead atoms. The minimum atomic E-state index is -0.308. The van der Waals surface area contributed by atoms with E-state index in [-0.39, 0.29) is 11.7 Å². The molecule has 0 aliphatic carbocycles. The van der Waals surface area contributed by atoms with Crippen molar-refractivity contribution in [2.75, 3.05) is 12.4 Å². The van der Waals surface area contributed by atoms with Gasteiger partial charge >= 0.3 is 0 Å². The zero-order valence-electron chi connectivity index (χ0n) is 11.5. The highest BCUT2D eigenvalue weighted by Crippen LogP contribution is 2.17. The molecule has 0 radical (unpaired) electrons. The molecule has 0 atom stereocenters. The molecule has 20 heavy (non-hydrogen) atoms. The highest BCUT2D eigenvalue weighted by atomic mass is 19.1. The van der Waals surface area contributed by atoms with Crippen molar-refractivity contribution in [2.45, 2.75) is 13.5 Å². The van der Waals surface area contributed by atoms with Gasteiger partial charge in [0.2, 0.25) is 0 Å². The molecule has 0 saturated carbocycles. The normalized spacial score (nSPS) is 10.3. The first-order chi connectivity index (χ1) is 9.61. The van der Waals surface area contributed by atoms with E-state index >= 15 is 0 Å². The van der Waals surface area contributed by atoms with Gasteiger partial charge in [-0.3, -0.25) is 4.79 Å². The fraction of sp³-hybridized carbons (Fsp3) is 0.188. The van der Waals surface area contributed by atoms with Crippen LogP contribution in [-0.2, 0) is 6.54 Å². The third kappa shape index (κ3) is 3.22. The SMILES string of the molecule is CNCc1ccccc1NC(=O)c1ccc(F)c(C)c1. The first kappa shape index (κ1) is 14.2. The maximum Gasteiger partial charge on any atom is 0.255 e. The van der Waals surface area contributed by atoms with Crippen LogP contribution in [0.4, 0.5) is 10.1 Å². The van der Waals surface area contributed by atoms with E-state index in [4.69, 9.17) is 0 Å². The van der Waals surface area contributed by atoms with Crippen molar-refractivity contribution >= 4 is 11.6 Å². The highest BCUT2D eigenvalue weighted by Gasteiger charge is 2.10.